The molecule has 0 radical (unpaired) electrons. The van der Waals surface area contributed by atoms with Crippen LogP contribution in [0.1, 0.15) is 71.3 Å². The second-order valence-corrected chi connectivity index (χ2v) is 9.29. The summed E-state index contributed by atoms with van der Waals surface area (Å²) in [4.78, 5) is 37.0. The highest BCUT2D eigenvalue weighted by Gasteiger charge is 2.30. The molecular formula is C30H32F3N3O4. The van der Waals surface area contributed by atoms with E-state index in [1.165, 1.54) is 12.1 Å². The van der Waals surface area contributed by atoms with Crippen LogP contribution in [0, 0.1) is 0 Å². The minimum Gasteiger partial charge on any atom is -0.489 e. The molecule has 0 bridgehead atoms. The quantitative estimate of drug-likeness (QED) is 0.244. The molecule has 0 heterocycles. The van der Waals surface area contributed by atoms with Gasteiger partial charge in [0.1, 0.15) is 18.4 Å². The lowest BCUT2D eigenvalue weighted by molar-refractivity contribution is -0.137. The topological polar surface area (TPSA) is 111 Å². The fourth-order valence-corrected chi connectivity index (χ4v) is 3.86. The van der Waals surface area contributed by atoms with Crippen LogP contribution < -0.4 is 21.1 Å². The standard InChI is InChI=1S/C30H32F3N3O4/c1-2-3-4-5-26(37)36-27(29(39)35-18-20-6-10-23(11-7-20)28(34)38)22-12-16-25(17-13-22)40-19-21-8-14-24(15-9-21)30(31,32)33/h6-17,27H,2-5,18-19H2,1H3,(H2,34,38)(H,35,39)(H,36,37)/t27-/m1/s1. The van der Waals surface area contributed by atoms with Crippen LogP contribution in [0.3, 0.4) is 0 Å². The zero-order valence-corrected chi connectivity index (χ0v) is 22.1. The van der Waals surface area contributed by atoms with Crippen LogP contribution in [0.2, 0.25) is 0 Å². The number of carbonyl (C=O) groups is 3. The van der Waals surface area contributed by atoms with Crippen molar-refractivity contribution in [2.24, 2.45) is 5.73 Å². The van der Waals surface area contributed by atoms with Gasteiger partial charge in [-0.05, 0) is 59.5 Å². The van der Waals surface area contributed by atoms with Gasteiger partial charge in [0, 0.05) is 18.5 Å². The molecule has 3 rings (SSSR count). The predicted molar refractivity (Wildman–Crippen MR) is 144 cm³/mol. The Morgan fingerprint density at radius 3 is 2.08 bits per heavy atom. The largest absolute Gasteiger partial charge is 0.489 e. The second kappa shape index (κ2) is 14.2. The number of nitrogens with two attached hydrogens (primary N) is 1. The van der Waals surface area contributed by atoms with Crippen molar-refractivity contribution in [2.75, 3.05) is 0 Å². The number of hydrogen-bond acceptors (Lipinski definition) is 4. The van der Waals surface area contributed by atoms with Crippen LogP contribution in [0.4, 0.5) is 13.2 Å². The van der Waals surface area contributed by atoms with Crippen molar-refractivity contribution >= 4 is 17.7 Å². The number of benzene rings is 3. The van der Waals surface area contributed by atoms with E-state index in [1.807, 2.05) is 6.92 Å². The monoisotopic (exact) mass is 555 g/mol. The molecule has 10 heteroatoms. The summed E-state index contributed by atoms with van der Waals surface area (Å²) in [6.45, 7) is 2.27. The van der Waals surface area contributed by atoms with Crippen LogP contribution in [-0.4, -0.2) is 17.7 Å². The molecular weight excluding hydrogens is 523 g/mol. The summed E-state index contributed by atoms with van der Waals surface area (Å²) >= 11 is 0. The fourth-order valence-electron chi connectivity index (χ4n) is 3.86. The van der Waals surface area contributed by atoms with Gasteiger partial charge in [0.15, 0.2) is 0 Å². The van der Waals surface area contributed by atoms with Crippen molar-refractivity contribution in [1.29, 1.82) is 0 Å². The van der Waals surface area contributed by atoms with Gasteiger partial charge in [-0.3, -0.25) is 14.4 Å². The van der Waals surface area contributed by atoms with E-state index < -0.39 is 29.6 Å². The Morgan fingerprint density at radius 1 is 0.875 bits per heavy atom. The Balaban J connectivity index is 1.66. The zero-order valence-electron chi connectivity index (χ0n) is 22.1. The Morgan fingerprint density at radius 2 is 1.50 bits per heavy atom. The summed E-state index contributed by atoms with van der Waals surface area (Å²) in [5.74, 6) is -0.761. The average Bonchev–Trinajstić information content (AvgIpc) is 2.94. The number of unbranched alkanes of at least 4 members (excludes halogenated alkanes) is 2. The van der Waals surface area contributed by atoms with Gasteiger partial charge in [0.2, 0.25) is 17.7 Å². The second-order valence-electron chi connectivity index (χ2n) is 9.29. The van der Waals surface area contributed by atoms with Crippen molar-refractivity contribution in [1.82, 2.24) is 10.6 Å². The highest BCUT2D eigenvalue weighted by molar-refractivity contribution is 5.92. The zero-order chi connectivity index (χ0) is 29.1. The molecule has 4 N–H and O–H groups in total. The molecule has 0 aliphatic carbocycles. The number of nitrogens with one attached hydrogen (secondary N) is 2. The first kappa shape index (κ1) is 30.2. The molecule has 0 unspecified atom stereocenters. The van der Waals surface area contributed by atoms with E-state index in [0.717, 1.165) is 30.5 Å². The summed E-state index contributed by atoms with van der Waals surface area (Å²) in [6, 6.07) is 16.8. The Hall–Kier alpha value is -4.34. The normalized spacial score (nSPS) is 11.9. The SMILES string of the molecule is CCCCCC(=O)N[C@@H](C(=O)NCc1ccc(C(N)=O)cc1)c1ccc(OCc2ccc(C(F)(F)F)cc2)cc1. The van der Waals surface area contributed by atoms with Gasteiger partial charge in [-0.2, -0.15) is 13.2 Å². The first-order valence-electron chi connectivity index (χ1n) is 12.9. The maximum Gasteiger partial charge on any atom is 0.416 e. The van der Waals surface area contributed by atoms with Gasteiger partial charge in [-0.25, -0.2) is 0 Å². The average molecular weight is 556 g/mol. The number of hydrogen-bond donors (Lipinski definition) is 3. The molecule has 212 valence electrons. The van der Waals surface area contributed by atoms with Crippen LogP contribution in [0.5, 0.6) is 5.75 Å². The third kappa shape index (κ3) is 9.14. The molecule has 3 amide bonds. The molecule has 0 aliphatic heterocycles. The summed E-state index contributed by atoms with van der Waals surface area (Å²) in [5.41, 5.74) is 6.74. The molecule has 0 spiro atoms. The summed E-state index contributed by atoms with van der Waals surface area (Å²) < 4.78 is 44.0. The number of alkyl halides is 3. The van der Waals surface area contributed by atoms with Crippen LogP contribution >= 0.6 is 0 Å². The van der Waals surface area contributed by atoms with Gasteiger partial charge in [0.25, 0.3) is 0 Å². The summed E-state index contributed by atoms with van der Waals surface area (Å²) in [5, 5.41) is 5.62. The molecule has 0 saturated heterocycles. The number of rotatable bonds is 13. The van der Waals surface area contributed by atoms with Gasteiger partial charge >= 0.3 is 6.18 Å². The summed E-state index contributed by atoms with van der Waals surface area (Å²) in [6.07, 6.45) is -1.55. The first-order chi connectivity index (χ1) is 19.1. The minimum atomic E-state index is -4.40. The van der Waals surface area contributed by atoms with Crippen molar-refractivity contribution in [2.45, 2.75) is 58.0 Å². The van der Waals surface area contributed by atoms with Crippen LogP contribution in [0.15, 0.2) is 72.8 Å². The molecule has 7 nitrogen and oxygen atoms in total. The molecule has 3 aromatic rings. The van der Waals surface area contributed by atoms with E-state index >= 15 is 0 Å². The molecule has 0 fully saturated rings. The number of ether oxygens (including phenoxy) is 1. The van der Waals surface area contributed by atoms with Crippen LogP contribution in [-0.2, 0) is 28.9 Å². The van der Waals surface area contributed by atoms with Gasteiger partial charge in [-0.1, -0.05) is 56.2 Å². The fraction of sp³-hybridized carbons (Fsp3) is 0.300. The maximum absolute atomic E-state index is 13.1. The molecule has 0 aromatic heterocycles. The van der Waals surface area contributed by atoms with E-state index in [4.69, 9.17) is 10.5 Å². The van der Waals surface area contributed by atoms with Crippen molar-refractivity contribution in [3.05, 3.63) is 101 Å². The molecule has 0 aliphatic rings. The van der Waals surface area contributed by atoms with Gasteiger partial charge in [0.05, 0.1) is 5.56 Å². The first-order valence-corrected chi connectivity index (χ1v) is 12.9. The van der Waals surface area contributed by atoms with Crippen molar-refractivity contribution in [3.63, 3.8) is 0 Å². The van der Waals surface area contributed by atoms with E-state index in [9.17, 15) is 27.6 Å². The smallest absolute Gasteiger partial charge is 0.416 e. The highest BCUT2D eigenvalue weighted by atomic mass is 19.4. The maximum atomic E-state index is 13.1. The van der Waals surface area contributed by atoms with E-state index in [0.29, 0.717) is 35.3 Å². The number of primary amides is 1. The third-order valence-electron chi connectivity index (χ3n) is 6.18. The van der Waals surface area contributed by atoms with E-state index in [1.54, 1.807) is 48.5 Å². The Labute approximate surface area is 230 Å². The van der Waals surface area contributed by atoms with Crippen molar-refractivity contribution in [3.8, 4) is 5.75 Å². The van der Waals surface area contributed by atoms with Crippen molar-refractivity contribution < 1.29 is 32.3 Å². The molecule has 0 saturated carbocycles. The number of halogens is 3. The third-order valence-corrected chi connectivity index (χ3v) is 6.18. The Kier molecular flexibility index (Phi) is 10.7. The number of amides is 3. The Bertz CT molecular complexity index is 1280. The van der Waals surface area contributed by atoms with Gasteiger partial charge in [-0.15, -0.1) is 0 Å². The minimum absolute atomic E-state index is 0.0596. The number of carbonyl (C=O) groups excluding carboxylic acids is 3. The predicted octanol–water partition coefficient (Wildman–Crippen LogP) is 5.44. The lowest BCUT2D eigenvalue weighted by Gasteiger charge is -2.20. The summed E-state index contributed by atoms with van der Waals surface area (Å²) in [7, 11) is 0. The van der Waals surface area contributed by atoms with E-state index in [-0.39, 0.29) is 19.1 Å². The lowest BCUT2D eigenvalue weighted by Crippen LogP contribution is -2.40. The lowest BCUT2D eigenvalue weighted by atomic mass is 10.0. The highest BCUT2D eigenvalue weighted by Crippen LogP contribution is 2.29. The van der Waals surface area contributed by atoms with Gasteiger partial charge < -0.3 is 21.1 Å². The molecule has 1 atom stereocenters. The van der Waals surface area contributed by atoms with E-state index in [2.05, 4.69) is 10.6 Å². The molecule has 3 aromatic carbocycles. The van der Waals surface area contributed by atoms with Crippen LogP contribution in [0.25, 0.3) is 0 Å². The molecule has 40 heavy (non-hydrogen) atoms.